The minimum atomic E-state index is 0.608. The van der Waals surface area contributed by atoms with E-state index in [9.17, 15) is 0 Å². The molecular formula is C9H18N2O. The van der Waals surface area contributed by atoms with Crippen molar-refractivity contribution in [1.29, 1.82) is 0 Å². The Kier molecular flexibility index (Phi) is 2.63. The maximum atomic E-state index is 5.56. The largest absolute Gasteiger partial charge is 0.378 e. The average Bonchev–Trinajstić information content (AvgIpc) is 2.53. The van der Waals surface area contributed by atoms with Gasteiger partial charge in [0.1, 0.15) is 0 Å². The Balaban J connectivity index is 1.94. The van der Waals surface area contributed by atoms with Crippen molar-refractivity contribution >= 4 is 0 Å². The maximum absolute atomic E-state index is 5.56. The second-order valence-electron chi connectivity index (χ2n) is 3.80. The van der Waals surface area contributed by atoms with E-state index < -0.39 is 0 Å². The van der Waals surface area contributed by atoms with Crippen LogP contribution >= 0.6 is 0 Å². The third kappa shape index (κ3) is 1.49. The Labute approximate surface area is 73.9 Å². The normalized spacial score (nSPS) is 36.8. The predicted octanol–water partition coefficient (Wildman–Crippen LogP) is 0.198. The van der Waals surface area contributed by atoms with Crippen molar-refractivity contribution in [1.82, 2.24) is 4.90 Å². The van der Waals surface area contributed by atoms with E-state index in [-0.39, 0.29) is 0 Å². The second kappa shape index (κ2) is 3.73. The lowest BCUT2D eigenvalue weighted by Crippen LogP contribution is -2.49. The molecule has 2 unspecified atom stereocenters. The first-order valence-electron chi connectivity index (χ1n) is 4.95. The highest BCUT2D eigenvalue weighted by Gasteiger charge is 2.33. The molecule has 3 nitrogen and oxygen atoms in total. The van der Waals surface area contributed by atoms with E-state index in [4.69, 9.17) is 10.5 Å². The first-order chi connectivity index (χ1) is 5.92. The molecule has 70 valence electrons. The number of hydrogen-bond acceptors (Lipinski definition) is 3. The van der Waals surface area contributed by atoms with E-state index in [0.717, 1.165) is 26.2 Å². The van der Waals surface area contributed by atoms with Gasteiger partial charge in [-0.2, -0.15) is 0 Å². The fraction of sp³-hybridized carbons (Fsp3) is 1.00. The van der Waals surface area contributed by atoms with Crippen molar-refractivity contribution in [2.75, 3.05) is 26.3 Å². The fourth-order valence-corrected chi connectivity index (χ4v) is 2.40. The molecule has 0 radical (unpaired) electrons. The van der Waals surface area contributed by atoms with Gasteiger partial charge in [0, 0.05) is 12.1 Å². The summed E-state index contributed by atoms with van der Waals surface area (Å²) in [6.45, 7) is 3.89. The number of nitrogens with two attached hydrogens (primary N) is 1. The lowest BCUT2D eigenvalue weighted by molar-refractivity contribution is -0.0315. The molecule has 2 N–H and O–H groups in total. The Hall–Kier alpha value is -0.120. The van der Waals surface area contributed by atoms with Gasteiger partial charge in [-0.3, -0.25) is 4.90 Å². The van der Waals surface area contributed by atoms with Crippen LogP contribution in [-0.4, -0.2) is 43.3 Å². The van der Waals surface area contributed by atoms with Gasteiger partial charge in [-0.1, -0.05) is 0 Å². The summed E-state index contributed by atoms with van der Waals surface area (Å²) in [5.74, 6) is 0. The molecule has 0 saturated carbocycles. The van der Waals surface area contributed by atoms with Crippen molar-refractivity contribution in [3.8, 4) is 0 Å². The summed E-state index contributed by atoms with van der Waals surface area (Å²) in [5.41, 5.74) is 5.56. The van der Waals surface area contributed by atoms with Crippen LogP contribution in [0.3, 0.4) is 0 Å². The van der Waals surface area contributed by atoms with E-state index in [1.807, 2.05) is 0 Å². The zero-order chi connectivity index (χ0) is 8.39. The van der Waals surface area contributed by atoms with Crippen LogP contribution in [0.25, 0.3) is 0 Å². The molecule has 12 heavy (non-hydrogen) atoms. The van der Waals surface area contributed by atoms with Crippen LogP contribution in [0.2, 0.25) is 0 Å². The van der Waals surface area contributed by atoms with E-state index >= 15 is 0 Å². The van der Waals surface area contributed by atoms with Gasteiger partial charge < -0.3 is 10.5 Å². The van der Waals surface area contributed by atoms with Crippen LogP contribution in [0.15, 0.2) is 0 Å². The summed E-state index contributed by atoms with van der Waals surface area (Å²) in [6, 6.07) is 1.31. The Morgan fingerprint density at radius 3 is 3.17 bits per heavy atom. The molecule has 2 saturated heterocycles. The molecule has 0 aromatic carbocycles. The highest BCUT2D eigenvalue weighted by molar-refractivity contribution is 4.87. The lowest BCUT2D eigenvalue weighted by Gasteiger charge is -2.37. The van der Waals surface area contributed by atoms with Crippen molar-refractivity contribution in [3.63, 3.8) is 0 Å². The maximum Gasteiger partial charge on any atom is 0.0623 e. The van der Waals surface area contributed by atoms with Crippen molar-refractivity contribution in [2.45, 2.75) is 31.3 Å². The van der Waals surface area contributed by atoms with Crippen LogP contribution in [0.5, 0.6) is 0 Å². The minimum Gasteiger partial charge on any atom is -0.378 e. The molecule has 0 aromatic heterocycles. The molecule has 2 atom stereocenters. The Morgan fingerprint density at radius 2 is 2.33 bits per heavy atom. The molecule has 0 spiro atoms. The zero-order valence-corrected chi connectivity index (χ0v) is 7.54. The number of ether oxygens (including phenoxy) is 1. The molecular weight excluding hydrogens is 152 g/mol. The molecule has 0 aliphatic carbocycles. The lowest BCUT2D eigenvalue weighted by atomic mass is 10.1. The summed E-state index contributed by atoms with van der Waals surface area (Å²) in [6.07, 6.45) is 3.76. The molecule has 3 heteroatoms. The van der Waals surface area contributed by atoms with Gasteiger partial charge in [0.15, 0.2) is 0 Å². The smallest absolute Gasteiger partial charge is 0.0623 e. The van der Waals surface area contributed by atoms with Crippen molar-refractivity contribution < 1.29 is 4.74 Å². The molecule has 0 amide bonds. The van der Waals surface area contributed by atoms with Crippen LogP contribution in [0.4, 0.5) is 0 Å². The Bertz CT molecular complexity index is 149. The molecule has 2 aliphatic rings. The molecule has 2 fully saturated rings. The van der Waals surface area contributed by atoms with E-state index in [1.54, 1.807) is 0 Å². The molecule has 2 aliphatic heterocycles. The molecule has 2 rings (SSSR count). The predicted molar refractivity (Wildman–Crippen MR) is 48.0 cm³/mol. The average molecular weight is 170 g/mol. The van der Waals surface area contributed by atoms with Crippen molar-refractivity contribution in [2.24, 2.45) is 5.73 Å². The zero-order valence-electron chi connectivity index (χ0n) is 7.54. The van der Waals surface area contributed by atoms with E-state index in [2.05, 4.69) is 4.90 Å². The number of nitrogens with zero attached hydrogens (tertiary/aromatic N) is 1. The van der Waals surface area contributed by atoms with E-state index in [0.29, 0.717) is 12.1 Å². The van der Waals surface area contributed by atoms with Crippen LogP contribution in [0.1, 0.15) is 19.3 Å². The van der Waals surface area contributed by atoms with Crippen LogP contribution < -0.4 is 5.73 Å². The first-order valence-corrected chi connectivity index (χ1v) is 4.95. The van der Waals surface area contributed by atoms with Gasteiger partial charge in [0.05, 0.1) is 13.2 Å². The van der Waals surface area contributed by atoms with Crippen LogP contribution in [-0.2, 0) is 4.74 Å². The van der Waals surface area contributed by atoms with Gasteiger partial charge in [-0.05, 0) is 32.4 Å². The summed E-state index contributed by atoms with van der Waals surface area (Å²) >= 11 is 0. The van der Waals surface area contributed by atoms with Gasteiger partial charge in [-0.15, -0.1) is 0 Å². The van der Waals surface area contributed by atoms with Gasteiger partial charge in [0.25, 0.3) is 0 Å². The van der Waals surface area contributed by atoms with Gasteiger partial charge in [-0.25, -0.2) is 0 Å². The first kappa shape index (κ1) is 8.48. The summed E-state index contributed by atoms with van der Waals surface area (Å²) in [5, 5.41) is 0. The van der Waals surface area contributed by atoms with Crippen molar-refractivity contribution in [3.05, 3.63) is 0 Å². The Morgan fingerprint density at radius 1 is 1.42 bits per heavy atom. The number of rotatable bonds is 2. The second-order valence-corrected chi connectivity index (χ2v) is 3.80. The SMILES string of the molecule is NCCC1COCC2CCCN12. The highest BCUT2D eigenvalue weighted by Crippen LogP contribution is 2.25. The standard InChI is InChI=1S/C9H18N2O/c10-4-3-9-7-12-6-8-2-1-5-11(8)9/h8-9H,1-7,10H2. The minimum absolute atomic E-state index is 0.608. The summed E-state index contributed by atoms with van der Waals surface area (Å²) < 4.78 is 5.55. The number of fused-ring (bicyclic) bond motifs is 1. The quantitative estimate of drug-likeness (QED) is 0.643. The fourth-order valence-electron chi connectivity index (χ4n) is 2.40. The monoisotopic (exact) mass is 170 g/mol. The topological polar surface area (TPSA) is 38.5 Å². The third-order valence-corrected chi connectivity index (χ3v) is 3.01. The number of morpholine rings is 1. The van der Waals surface area contributed by atoms with E-state index in [1.165, 1.54) is 19.4 Å². The number of hydrogen-bond donors (Lipinski definition) is 1. The highest BCUT2D eigenvalue weighted by atomic mass is 16.5. The molecule has 0 bridgehead atoms. The van der Waals surface area contributed by atoms with Gasteiger partial charge >= 0.3 is 0 Å². The molecule has 2 heterocycles. The molecule has 0 aromatic rings. The van der Waals surface area contributed by atoms with Gasteiger partial charge in [0.2, 0.25) is 0 Å². The third-order valence-electron chi connectivity index (χ3n) is 3.01. The van der Waals surface area contributed by atoms with Crippen LogP contribution in [0, 0.1) is 0 Å². The summed E-state index contributed by atoms with van der Waals surface area (Å²) in [7, 11) is 0. The summed E-state index contributed by atoms with van der Waals surface area (Å²) in [4.78, 5) is 2.59.